The highest BCUT2D eigenvalue weighted by Gasteiger charge is 2.28. The normalized spacial score (nSPS) is 15.2. The minimum atomic E-state index is -3.22. The second-order valence-electron chi connectivity index (χ2n) is 7.40. The van der Waals surface area contributed by atoms with Crippen molar-refractivity contribution in [3.63, 3.8) is 0 Å². The molecule has 1 aromatic heterocycles. The number of nitrogens with zero attached hydrogens (tertiary/aromatic N) is 4. The van der Waals surface area contributed by atoms with Crippen LogP contribution >= 0.6 is 0 Å². The first kappa shape index (κ1) is 21.2. The molecule has 3 aromatic rings. The van der Waals surface area contributed by atoms with Crippen LogP contribution in [0.1, 0.15) is 22.8 Å². The van der Waals surface area contributed by atoms with Gasteiger partial charge < -0.3 is 9.32 Å². The van der Waals surface area contributed by atoms with Gasteiger partial charge in [-0.3, -0.25) is 4.79 Å². The molecule has 31 heavy (non-hydrogen) atoms. The van der Waals surface area contributed by atoms with E-state index in [-0.39, 0.29) is 11.7 Å². The summed E-state index contributed by atoms with van der Waals surface area (Å²) in [7, 11) is -3.22. The monoisotopic (exact) mass is 440 g/mol. The molecule has 0 atom stereocenters. The highest BCUT2D eigenvalue weighted by Crippen LogP contribution is 2.26. The number of hydrogen-bond donors (Lipinski definition) is 0. The molecule has 1 amide bonds. The molecule has 0 unspecified atom stereocenters. The molecule has 0 N–H and O–H groups in total. The van der Waals surface area contributed by atoms with E-state index in [4.69, 9.17) is 4.42 Å². The van der Waals surface area contributed by atoms with Crippen molar-refractivity contribution < 1.29 is 17.6 Å². The average Bonchev–Trinajstić information content (AvgIpc) is 3.29. The number of piperazine rings is 1. The van der Waals surface area contributed by atoms with Gasteiger partial charge in [0.2, 0.25) is 21.8 Å². The second-order valence-corrected chi connectivity index (χ2v) is 9.65. The van der Waals surface area contributed by atoms with Crippen LogP contribution in [0.4, 0.5) is 0 Å². The maximum Gasteiger partial charge on any atom is 0.253 e. The Kier molecular flexibility index (Phi) is 5.88. The summed E-state index contributed by atoms with van der Waals surface area (Å²) < 4.78 is 31.2. The van der Waals surface area contributed by atoms with Crippen molar-refractivity contribution in [3.05, 3.63) is 59.7 Å². The Morgan fingerprint density at radius 1 is 0.968 bits per heavy atom. The third kappa shape index (κ3) is 4.38. The summed E-state index contributed by atoms with van der Waals surface area (Å²) in [6.45, 7) is 5.01. The first-order valence-corrected chi connectivity index (χ1v) is 11.8. The smallest absolute Gasteiger partial charge is 0.253 e. The predicted molar refractivity (Wildman–Crippen MR) is 117 cm³/mol. The van der Waals surface area contributed by atoms with E-state index in [0.717, 1.165) is 16.7 Å². The molecule has 1 saturated heterocycles. The lowest BCUT2D eigenvalue weighted by Gasteiger charge is -2.33. The molecule has 9 heteroatoms. The number of carbonyl (C=O) groups excluding carboxylic acids is 1. The van der Waals surface area contributed by atoms with Crippen molar-refractivity contribution in [1.82, 2.24) is 19.4 Å². The first-order chi connectivity index (χ1) is 14.9. The number of aromatic nitrogens is 2. The van der Waals surface area contributed by atoms with E-state index in [1.165, 1.54) is 4.31 Å². The average molecular weight is 441 g/mol. The van der Waals surface area contributed by atoms with Crippen LogP contribution in [-0.2, 0) is 10.0 Å². The number of hydrogen-bond acceptors (Lipinski definition) is 6. The number of aryl methyl sites for hydroxylation is 1. The van der Waals surface area contributed by atoms with E-state index >= 15 is 0 Å². The zero-order valence-electron chi connectivity index (χ0n) is 17.5. The van der Waals surface area contributed by atoms with Gasteiger partial charge in [0.1, 0.15) is 0 Å². The molecule has 0 saturated carbocycles. The molecule has 0 radical (unpaired) electrons. The van der Waals surface area contributed by atoms with E-state index < -0.39 is 10.0 Å². The fourth-order valence-corrected chi connectivity index (χ4v) is 4.64. The van der Waals surface area contributed by atoms with Crippen LogP contribution in [0.3, 0.4) is 0 Å². The molecule has 4 rings (SSSR count). The van der Waals surface area contributed by atoms with Crippen LogP contribution in [0.5, 0.6) is 0 Å². The summed E-state index contributed by atoms with van der Waals surface area (Å²) in [5.74, 6) is 0.791. The van der Waals surface area contributed by atoms with Crippen molar-refractivity contribution in [2.24, 2.45) is 0 Å². The lowest BCUT2D eigenvalue weighted by atomic mass is 10.1. The van der Waals surface area contributed by atoms with E-state index in [1.54, 1.807) is 36.1 Å². The molecule has 0 bridgehead atoms. The standard InChI is InChI=1S/C22H24N4O4S/c1-3-31(28,29)26-14-12-25(13-15-26)22(27)18-10-8-17(9-11-18)20-23-24-21(30-20)19-7-5-4-6-16(19)2/h4-11H,3,12-15H2,1-2H3. The third-order valence-corrected chi connectivity index (χ3v) is 7.34. The first-order valence-electron chi connectivity index (χ1n) is 10.2. The van der Waals surface area contributed by atoms with Gasteiger partial charge in [-0.15, -0.1) is 10.2 Å². The molecule has 2 aromatic carbocycles. The van der Waals surface area contributed by atoms with Crippen molar-refractivity contribution in [3.8, 4) is 22.9 Å². The summed E-state index contributed by atoms with van der Waals surface area (Å²) >= 11 is 0. The van der Waals surface area contributed by atoms with Gasteiger partial charge in [-0.25, -0.2) is 8.42 Å². The van der Waals surface area contributed by atoms with Gasteiger partial charge in [-0.2, -0.15) is 4.31 Å². The Labute approximate surface area is 181 Å². The van der Waals surface area contributed by atoms with Gasteiger partial charge in [0.15, 0.2) is 0 Å². The topological polar surface area (TPSA) is 96.6 Å². The van der Waals surface area contributed by atoms with Crippen molar-refractivity contribution >= 4 is 15.9 Å². The number of carbonyl (C=O) groups is 1. The Morgan fingerprint density at radius 2 is 1.61 bits per heavy atom. The summed E-state index contributed by atoms with van der Waals surface area (Å²) in [5, 5.41) is 8.28. The van der Waals surface area contributed by atoms with Crippen LogP contribution in [-0.4, -0.2) is 65.7 Å². The highest BCUT2D eigenvalue weighted by atomic mass is 32.2. The minimum absolute atomic E-state index is 0.0731. The minimum Gasteiger partial charge on any atom is -0.416 e. The number of benzene rings is 2. The molecular formula is C22H24N4O4S. The van der Waals surface area contributed by atoms with Crippen molar-refractivity contribution in [1.29, 1.82) is 0 Å². The summed E-state index contributed by atoms with van der Waals surface area (Å²) in [4.78, 5) is 14.5. The van der Waals surface area contributed by atoms with Crippen molar-refractivity contribution in [2.45, 2.75) is 13.8 Å². The zero-order valence-corrected chi connectivity index (χ0v) is 18.3. The van der Waals surface area contributed by atoms with Crippen LogP contribution in [0, 0.1) is 6.92 Å². The number of amides is 1. The lowest BCUT2D eigenvalue weighted by molar-refractivity contribution is 0.0698. The summed E-state index contributed by atoms with van der Waals surface area (Å²) in [5.41, 5.74) is 3.19. The molecule has 0 spiro atoms. The van der Waals surface area contributed by atoms with Gasteiger partial charge in [-0.1, -0.05) is 18.2 Å². The summed E-state index contributed by atoms with van der Waals surface area (Å²) in [6.07, 6.45) is 0. The third-order valence-electron chi connectivity index (χ3n) is 5.46. The van der Waals surface area contributed by atoms with E-state index in [0.29, 0.717) is 43.5 Å². The second kappa shape index (κ2) is 8.60. The number of sulfonamides is 1. The molecular weight excluding hydrogens is 416 g/mol. The Hall–Kier alpha value is -3.04. The zero-order chi connectivity index (χ0) is 22.0. The Morgan fingerprint density at radius 3 is 2.26 bits per heavy atom. The largest absolute Gasteiger partial charge is 0.416 e. The molecule has 162 valence electrons. The SMILES string of the molecule is CCS(=O)(=O)N1CCN(C(=O)c2ccc(-c3nnc(-c4ccccc4C)o3)cc2)CC1. The molecule has 1 aliphatic rings. The highest BCUT2D eigenvalue weighted by molar-refractivity contribution is 7.89. The Bertz CT molecular complexity index is 1180. The summed E-state index contributed by atoms with van der Waals surface area (Å²) in [6, 6.07) is 14.8. The van der Waals surface area contributed by atoms with E-state index in [9.17, 15) is 13.2 Å². The van der Waals surface area contributed by atoms with Gasteiger partial charge in [0, 0.05) is 42.9 Å². The van der Waals surface area contributed by atoms with Crippen LogP contribution in [0.15, 0.2) is 52.9 Å². The fourth-order valence-electron chi connectivity index (χ4n) is 3.55. The van der Waals surface area contributed by atoms with Crippen LogP contribution < -0.4 is 0 Å². The van der Waals surface area contributed by atoms with Gasteiger partial charge in [-0.05, 0) is 49.7 Å². The van der Waals surface area contributed by atoms with Crippen molar-refractivity contribution in [2.75, 3.05) is 31.9 Å². The van der Waals surface area contributed by atoms with Crippen LogP contribution in [0.2, 0.25) is 0 Å². The molecule has 8 nitrogen and oxygen atoms in total. The molecule has 1 fully saturated rings. The quantitative estimate of drug-likeness (QED) is 0.605. The maximum atomic E-state index is 12.8. The maximum absolute atomic E-state index is 12.8. The molecule has 0 aliphatic carbocycles. The Balaban J connectivity index is 1.44. The van der Waals surface area contributed by atoms with E-state index in [2.05, 4.69) is 10.2 Å². The number of rotatable bonds is 5. The van der Waals surface area contributed by atoms with Crippen LogP contribution in [0.25, 0.3) is 22.9 Å². The van der Waals surface area contributed by atoms with Gasteiger partial charge in [0.25, 0.3) is 5.91 Å². The fraction of sp³-hybridized carbons (Fsp3) is 0.318. The van der Waals surface area contributed by atoms with Gasteiger partial charge >= 0.3 is 0 Å². The predicted octanol–water partition coefficient (Wildman–Crippen LogP) is 2.82. The van der Waals surface area contributed by atoms with E-state index in [1.807, 2.05) is 31.2 Å². The molecule has 1 aliphatic heterocycles. The van der Waals surface area contributed by atoms with Gasteiger partial charge in [0.05, 0.1) is 5.75 Å². The molecule has 2 heterocycles. The lowest BCUT2D eigenvalue weighted by Crippen LogP contribution is -2.50.